The molecule has 1 unspecified atom stereocenters. The maximum Gasteiger partial charge on any atom is 0.410 e. The molecule has 5 heteroatoms. The number of phenols is 1. The van der Waals surface area contributed by atoms with Gasteiger partial charge in [-0.05, 0) is 50.5 Å². The van der Waals surface area contributed by atoms with E-state index in [0.29, 0.717) is 6.54 Å². The van der Waals surface area contributed by atoms with Crippen molar-refractivity contribution in [2.45, 2.75) is 45.4 Å². The highest BCUT2D eigenvalue weighted by Gasteiger charge is 2.33. The molecule has 0 bridgehead atoms. The number of phenolic OH excluding ortho intramolecular Hbond substituents is 1. The summed E-state index contributed by atoms with van der Waals surface area (Å²) in [6, 6.07) is 17.6. The molecule has 28 heavy (non-hydrogen) atoms. The Morgan fingerprint density at radius 2 is 1.71 bits per heavy atom. The molecular weight excluding hydrogens is 352 g/mol. The van der Waals surface area contributed by atoms with E-state index in [2.05, 4.69) is 29.2 Å². The fourth-order valence-corrected chi connectivity index (χ4v) is 3.54. The molecule has 1 heterocycles. The lowest BCUT2D eigenvalue weighted by Gasteiger charge is -2.42. The van der Waals surface area contributed by atoms with Crippen molar-refractivity contribution < 1.29 is 14.6 Å². The molecule has 1 fully saturated rings. The third-order valence-electron chi connectivity index (χ3n) is 4.85. The minimum atomic E-state index is -0.513. The summed E-state index contributed by atoms with van der Waals surface area (Å²) in [4.78, 5) is 17.0. The lowest BCUT2D eigenvalue weighted by Crippen LogP contribution is -2.56. The molecule has 0 aliphatic carbocycles. The summed E-state index contributed by atoms with van der Waals surface area (Å²) in [7, 11) is 0. The topological polar surface area (TPSA) is 53.0 Å². The van der Waals surface area contributed by atoms with Gasteiger partial charge in [-0.15, -0.1) is 0 Å². The summed E-state index contributed by atoms with van der Waals surface area (Å²) >= 11 is 0. The van der Waals surface area contributed by atoms with Crippen molar-refractivity contribution in [2.75, 3.05) is 19.6 Å². The number of rotatable bonds is 4. The van der Waals surface area contributed by atoms with Crippen molar-refractivity contribution in [3.8, 4) is 5.75 Å². The summed E-state index contributed by atoms with van der Waals surface area (Å²) in [6.45, 7) is 8.80. The molecular formula is C23H30N2O3. The van der Waals surface area contributed by atoms with E-state index in [-0.39, 0.29) is 17.9 Å². The fraction of sp³-hybridized carbons (Fsp3) is 0.435. The van der Waals surface area contributed by atoms with Gasteiger partial charge in [-0.2, -0.15) is 0 Å². The third kappa shape index (κ3) is 5.73. The van der Waals surface area contributed by atoms with Crippen LogP contribution in [-0.2, 0) is 17.7 Å². The van der Waals surface area contributed by atoms with Gasteiger partial charge in [0.05, 0.1) is 6.04 Å². The number of carbonyl (C=O) groups is 1. The maximum absolute atomic E-state index is 12.8. The number of amides is 1. The first kappa shape index (κ1) is 20.2. The Labute approximate surface area is 167 Å². The molecule has 0 radical (unpaired) electrons. The van der Waals surface area contributed by atoms with Crippen LogP contribution in [-0.4, -0.2) is 52.3 Å². The van der Waals surface area contributed by atoms with E-state index in [1.807, 2.05) is 43.9 Å². The van der Waals surface area contributed by atoms with Gasteiger partial charge in [0.25, 0.3) is 0 Å². The van der Waals surface area contributed by atoms with Gasteiger partial charge in [0.2, 0.25) is 0 Å². The van der Waals surface area contributed by atoms with E-state index >= 15 is 0 Å². The Morgan fingerprint density at radius 1 is 1.04 bits per heavy atom. The monoisotopic (exact) mass is 382 g/mol. The summed E-state index contributed by atoms with van der Waals surface area (Å²) in [6.07, 6.45) is 0.473. The van der Waals surface area contributed by atoms with E-state index in [1.165, 1.54) is 5.56 Å². The predicted molar refractivity (Wildman–Crippen MR) is 110 cm³/mol. The van der Waals surface area contributed by atoms with E-state index < -0.39 is 5.60 Å². The summed E-state index contributed by atoms with van der Waals surface area (Å²) in [5, 5.41) is 9.54. The van der Waals surface area contributed by atoms with Gasteiger partial charge in [-0.1, -0.05) is 42.5 Å². The number of aromatic hydroxyl groups is 1. The third-order valence-corrected chi connectivity index (χ3v) is 4.85. The molecule has 1 N–H and O–H groups in total. The van der Waals surface area contributed by atoms with Crippen LogP contribution in [0.4, 0.5) is 4.79 Å². The smallest absolute Gasteiger partial charge is 0.410 e. The van der Waals surface area contributed by atoms with Crippen LogP contribution in [0.15, 0.2) is 54.6 Å². The van der Waals surface area contributed by atoms with Crippen LogP contribution in [0.1, 0.15) is 31.9 Å². The van der Waals surface area contributed by atoms with Crippen molar-refractivity contribution in [1.82, 2.24) is 9.80 Å². The first-order valence-corrected chi connectivity index (χ1v) is 9.84. The molecule has 1 saturated heterocycles. The molecule has 2 aromatic rings. The maximum atomic E-state index is 12.8. The fourth-order valence-electron chi connectivity index (χ4n) is 3.54. The summed E-state index contributed by atoms with van der Waals surface area (Å²) < 4.78 is 5.65. The standard InChI is InChI=1S/C23H30N2O3/c1-23(2,3)28-22(27)25-14-13-24(16-19-7-5-4-6-8-19)17-20(25)15-18-9-11-21(26)12-10-18/h4-12,20,26H,13-17H2,1-3H3. The molecule has 3 rings (SSSR count). The number of hydrogen-bond donors (Lipinski definition) is 1. The number of piperazine rings is 1. The highest BCUT2D eigenvalue weighted by atomic mass is 16.6. The Balaban J connectivity index is 1.73. The molecule has 0 aromatic heterocycles. The zero-order chi connectivity index (χ0) is 20.1. The first-order chi connectivity index (χ1) is 13.3. The van der Waals surface area contributed by atoms with Crippen LogP contribution in [0.25, 0.3) is 0 Å². The molecule has 1 atom stereocenters. The van der Waals surface area contributed by atoms with Gasteiger partial charge in [0.15, 0.2) is 0 Å². The van der Waals surface area contributed by atoms with Gasteiger partial charge >= 0.3 is 6.09 Å². The quantitative estimate of drug-likeness (QED) is 0.867. The van der Waals surface area contributed by atoms with Crippen molar-refractivity contribution in [1.29, 1.82) is 0 Å². The van der Waals surface area contributed by atoms with Crippen molar-refractivity contribution in [3.05, 3.63) is 65.7 Å². The lowest BCUT2D eigenvalue weighted by atomic mass is 10.0. The summed E-state index contributed by atoms with van der Waals surface area (Å²) in [5.74, 6) is 0.252. The van der Waals surface area contributed by atoms with Gasteiger partial charge in [0, 0.05) is 26.2 Å². The van der Waals surface area contributed by atoms with Crippen molar-refractivity contribution in [3.63, 3.8) is 0 Å². The Bertz CT molecular complexity index is 769. The Morgan fingerprint density at radius 3 is 2.36 bits per heavy atom. The highest BCUT2D eigenvalue weighted by molar-refractivity contribution is 5.68. The summed E-state index contributed by atoms with van der Waals surface area (Å²) in [5.41, 5.74) is 1.86. The average molecular weight is 383 g/mol. The molecule has 1 aliphatic rings. The molecule has 0 saturated carbocycles. The zero-order valence-corrected chi connectivity index (χ0v) is 17.0. The molecule has 1 aliphatic heterocycles. The van der Waals surface area contributed by atoms with Gasteiger partial charge in [0.1, 0.15) is 11.4 Å². The van der Waals surface area contributed by atoms with Gasteiger partial charge < -0.3 is 14.7 Å². The van der Waals surface area contributed by atoms with Crippen molar-refractivity contribution in [2.24, 2.45) is 0 Å². The number of hydrogen-bond acceptors (Lipinski definition) is 4. The van der Waals surface area contributed by atoms with E-state index in [4.69, 9.17) is 4.74 Å². The van der Waals surface area contributed by atoms with Crippen LogP contribution in [0.5, 0.6) is 5.75 Å². The molecule has 1 amide bonds. The molecule has 0 spiro atoms. The molecule has 150 valence electrons. The largest absolute Gasteiger partial charge is 0.508 e. The Hall–Kier alpha value is -2.53. The number of benzene rings is 2. The van der Waals surface area contributed by atoms with Crippen LogP contribution in [0, 0.1) is 0 Å². The first-order valence-electron chi connectivity index (χ1n) is 9.84. The second-order valence-electron chi connectivity index (χ2n) is 8.42. The zero-order valence-electron chi connectivity index (χ0n) is 17.0. The van der Waals surface area contributed by atoms with E-state index in [0.717, 1.165) is 31.6 Å². The van der Waals surface area contributed by atoms with Gasteiger partial charge in [-0.25, -0.2) is 4.79 Å². The molecule has 2 aromatic carbocycles. The Kier molecular flexibility index (Phi) is 6.25. The highest BCUT2D eigenvalue weighted by Crippen LogP contribution is 2.21. The second kappa shape index (κ2) is 8.65. The van der Waals surface area contributed by atoms with E-state index in [1.54, 1.807) is 12.1 Å². The van der Waals surface area contributed by atoms with Crippen LogP contribution in [0.3, 0.4) is 0 Å². The second-order valence-corrected chi connectivity index (χ2v) is 8.42. The normalized spacial score (nSPS) is 18.1. The van der Waals surface area contributed by atoms with Crippen molar-refractivity contribution >= 4 is 6.09 Å². The SMILES string of the molecule is CC(C)(C)OC(=O)N1CCN(Cc2ccccc2)CC1Cc1ccc(O)cc1. The number of ether oxygens (including phenoxy) is 1. The van der Waals surface area contributed by atoms with Gasteiger partial charge in [-0.3, -0.25) is 4.90 Å². The van der Waals surface area contributed by atoms with Crippen LogP contribution < -0.4 is 0 Å². The molecule has 5 nitrogen and oxygen atoms in total. The average Bonchev–Trinajstić information content (AvgIpc) is 2.63. The van der Waals surface area contributed by atoms with Crippen LogP contribution in [0.2, 0.25) is 0 Å². The lowest BCUT2D eigenvalue weighted by molar-refractivity contribution is -0.00233. The minimum absolute atomic E-state index is 0.0249. The number of nitrogens with zero attached hydrogens (tertiary/aromatic N) is 2. The predicted octanol–water partition coefficient (Wildman–Crippen LogP) is 4.06. The van der Waals surface area contributed by atoms with Crippen LogP contribution >= 0.6 is 0 Å². The van der Waals surface area contributed by atoms with E-state index in [9.17, 15) is 9.90 Å². The minimum Gasteiger partial charge on any atom is -0.508 e. The number of carbonyl (C=O) groups excluding carboxylic acids is 1.